The molecule has 0 bridgehead atoms. The van der Waals surface area contributed by atoms with Crippen LogP contribution >= 0.6 is 0 Å². The third-order valence-corrected chi connectivity index (χ3v) is 7.22. The third-order valence-electron chi connectivity index (χ3n) is 7.22. The maximum Gasteiger partial charge on any atom is 0.326 e. The summed E-state index contributed by atoms with van der Waals surface area (Å²) in [6.07, 6.45) is 0.559. The molecule has 47 heavy (non-hydrogen) atoms. The molecule has 4 unspecified atom stereocenters. The van der Waals surface area contributed by atoms with Crippen LogP contribution in [0.25, 0.3) is 0 Å². The van der Waals surface area contributed by atoms with Crippen molar-refractivity contribution < 1.29 is 34.5 Å². The van der Waals surface area contributed by atoms with Crippen molar-refractivity contribution in [3.05, 3.63) is 95.6 Å². The van der Waals surface area contributed by atoms with E-state index in [0.29, 0.717) is 23.1 Å². The number of hydrogen-bond acceptors (Lipinski definition) is 8. The van der Waals surface area contributed by atoms with E-state index in [4.69, 9.17) is 17.2 Å². The Morgan fingerprint density at radius 3 is 1.53 bits per heavy atom. The van der Waals surface area contributed by atoms with Crippen LogP contribution in [0.2, 0.25) is 0 Å². The quantitative estimate of drug-likeness (QED) is 0.0540. The molecule has 0 aliphatic heterocycles. The van der Waals surface area contributed by atoms with Gasteiger partial charge >= 0.3 is 5.97 Å². The molecule has 0 spiro atoms. The molecule has 14 nitrogen and oxygen atoms in total. The number of rotatable bonds is 17. The number of carboxylic acids is 1. The highest BCUT2D eigenvalue weighted by Crippen LogP contribution is 2.14. The number of carbonyl (C=O) groups is 4. The maximum absolute atomic E-state index is 13.8. The van der Waals surface area contributed by atoms with E-state index in [-0.39, 0.29) is 49.7 Å². The smallest absolute Gasteiger partial charge is 0.326 e. The summed E-state index contributed by atoms with van der Waals surface area (Å²) in [6.45, 7) is 0.260. The standard InChI is InChI=1S/C33H41N7O7/c34-25(7-4-16-37-33(35)36)29(43)38-26(17-21-8-12-23(41)13-9-21)30(44)39-27(18-22-10-14-24(42)15-11-22)31(45)40-28(32(46)47)19-20-5-2-1-3-6-20/h1-3,5-6,8-15,25-28,41-42H,4,7,16-19,34H2,(H,38,43)(H,39,44)(H,40,45)(H,46,47)(H4,35,36,37). The van der Waals surface area contributed by atoms with Gasteiger partial charge in [-0.1, -0.05) is 54.6 Å². The zero-order chi connectivity index (χ0) is 34.3. The van der Waals surface area contributed by atoms with Crippen molar-refractivity contribution >= 4 is 29.7 Å². The van der Waals surface area contributed by atoms with Gasteiger partial charge in [-0.2, -0.15) is 0 Å². The molecule has 14 heteroatoms. The minimum atomic E-state index is -1.30. The average molecular weight is 648 g/mol. The third kappa shape index (κ3) is 12.4. The van der Waals surface area contributed by atoms with E-state index >= 15 is 0 Å². The van der Waals surface area contributed by atoms with Crippen LogP contribution < -0.4 is 33.2 Å². The molecule has 0 aliphatic rings. The Morgan fingerprint density at radius 1 is 0.638 bits per heavy atom. The number of phenolic OH excluding ortho intramolecular Hbond substituents is 2. The van der Waals surface area contributed by atoms with Gasteiger partial charge < -0.3 is 48.5 Å². The second-order valence-corrected chi connectivity index (χ2v) is 11.0. The van der Waals surface area contributed by atoms with Crippen molar-refractivity contribution in [2.75, 3.05) is 6.54 Å². The number of nitrogens with zero attached hydrogens (tertiary/aromatic N) is 1. The number of amides is 3. The van der Waals surface area contributed by atoms with Crippen molar-refractivity contribution in [1.82, 2.24) is 16.0 Å². The first-order valence-electron chi connectivity index (χ1n) is 15.0. The monoisotopic (exact) mass is 647 g/mol. The maximum atomic E-state index is 13.8. The van der Waals surface area contributed by atoms with Gasteiger partial charge in [-0.05, 0) is 53.8 Å². The molecule has 0 saturated carbocycles. The zero-order valence-corrected chi connectivity index (χ0v) is 25.7. The largest absolute Gasteiger partial charge is 0.508 e. The molecule has 12 N–H and O–H groups in total. The first-order chi connectivity index (χ1) is 22.4. The van der Waals surface area contributed by atoms with Gasteiger partial charge in [0.15, 0.2) is 5.96 Å². The number of hydrogen-bond donors (Lipinski definition) is 9. The molecular formula is C33H41N7O7. The number of nitrogens with two attached hydrogens (primary N) is 3. The topological polar surface area (TPSA) is 255 Å². The van der Waals surface area contributed by atoms with Crippen molar-refractivity contribution in [3.8, 4) is 11.5 Å². The minimum Gasteiger partial charge on any atom is -0.508 e. The van der Waals surface area contributed by atoms with Crippen LogP contribution in [0.4, 0.5) is 0 Å². The summed E-state index contributed by atoms with van der Waals surface area (Å²) in [7, 11) is 0. The summed E-state index contributed by atoms with van der Waals surface area (Å²) in [5.41, 5.74) is 18.6. The van der Waals surface area contributed by atoms with Gasteiger partial charge in [-0.3, -0.25) is 19.4 Å². The second-order valence-electron chi connectivity index (χ2n) is 11.0. The van der Waals surface area contributed by atoms with Crippen molar-refractivity contribution in [2.45, 2.75) is 56.3 Å². The van der Waals surface area contributed by atoms with E-state index in [9.17, 15) is 34.5 Å². The first-order valence-corrected chi connectivity index (χ1v) is 15.0. The Balaban J connectivity index is 1.83. The van der Waals surface area contributed by atoms with Crippen molar-refractivity contribution in [1.29, 1.82) is 0 Å². The Hall–Kier alpha value is -5.63. The highest BCUT2D eigenvalue weighted by molar-refractivity contribution is 5.94. The highest BCUT2D eigenvalue weighted by Gasteiger charge is 2.31. The minimum absolute atomic E-state index is 0.00102. The molecule has 250 valence electrons. The summed E-state index contributed by atoms with van der Waals surface area (Å²) in [6, 6.07) is 16.0. The van der Waals surface area contributed by atoms with E-state index in [1.165, 1.54) is 24.3 Å². The van der Waals surface area contributed by atoms with Gasteiger partial charge in [-0.15, -0.1) is 0 Å². The van der Waals surface area contributed by atoms with E-state index < -0.39 is 47.9 Å². The van der Waals surface area contributed by atoms with Gasteiger partial charge in [0.1, 0.15) is 29.6 Å². The summed E-state index contributed by atoms with van der Waals surface area (Å²) in [5.74, 6) is -3.46. The Bertz CT molecular complexity index is 1510. The summed E-state index contributed by atoms with van der Waals surface area (Å²) in [5, 5.41) is 37.1. The van der Waals surface area contributed by atoms with Crippen LogP contribution in [0.5, 0.6) is 11.5 Å². The fourth-order valence-corrected chi connectivity index (χ4v) is 4.68. The van der Waals surface area contributed by atoms with Gasteiger partial charge in [-0.25, -0.2) is 4.79 Å². The number of aromatic hydroxyl groups is 2. The normalized spacial score (nSPS) is 13.3. The molecule has 0 heterocycles. The number of benzene rings is 3. The predicted molar refractivity (Wildman–Crippen MR) is 175 cm³/mol. The van der Waals surface area contributed by atoms with E-state index in [2.05, 4.69) is 20.9 Å². The van der Waals surface area contributed by atoms with E-state index in [1.807, 2.05) is 0 Å². The molecule has 0 aromatic heterocycles. The Morgan fingerprint density at radius 2 is 1.06 bits per heavy atom. The molecule has 0 saturated heterocycles. The molecule has 0 fully saturated rings. The van der Waals surface area contributed by atoms with E-state index in [0.717, 1.165) is 0 Å². The van der Waals surface area contributed by atoms with Crippen LogP contribution in [0.15, 0.2) is 83.9 Å². The average Bonchev–Trinajstić information content (AvgIpc) is 3.04. The van der Waals surface area contributed by atoms with Gasteiger partial charge in [0.2, 0.25) is 17.7 Å². The van der Waals surface area contributed by atoms with Gasteiger partial charge in [0.05, 0.1) is 6.04 Å². The summed E-state index contributed by atoms with van der Waals surface area (Å²) >= 11 is 0. The van der Waals surface area contributed by atoms with Crippen LogP contribution in [-0.2, 0) is 38.4 Å². The molecule has 3 aromatic carbocycles. The lowest BCUT2D eigenvalue weighted by Gasteiger charge is -2.25. The van der Waals surface area contributed by atoms with E-state index in [1.54, 1.807) is 54.6 Å². The number of carboxylic acid groups (broad SMARTS) is 1. The molecule has 3 rings (SSSR count). The summed E-state index contributed by atoms with van der Waals surface area (Å²) in [4.78, 5) is 56.4. The van der Waals surface area contributed by atoms with Crippen LogP contribution in [0, 0.1) is 0 Å². The summed E-state index contributed by atoms with van der Waals surface area (Å²) < 4.78 is 0. The number of aliphatic carboxylic acids is 1. The van der Waals surface area contributed by atoms with Crippen molar-refractivity contribution in [2.24, 2.45) is 22.2 Å². The number of nitrogens with one attached hydrogen (secondary N) is 3. The van der Waals surface area contributed by atoms with Crippen LogP contribution in [0.3, 0.4) is 0 Å². The number of phenols is 2. The lowest BCUT2D eigenvalue weighted by molar-refractivity contribution is -0.142. The first kappa shape index (κ1) is 35.8. The fourth-order valence-electron chi connectivity index (χ4n) is 4.68. The van der Waals surface area contributed by atoms with Crippen LogP contribution in [-0.4, -0.2) is 75.7 Å². The fraction of sp³-hybridized carbons (Fsp3) is 0.303. The van der Waals surface area contributed by atoms with Crippen LogP contribution in [0.1, 0.15) is 29.5 Å². The number of aliphatic imine (C=N–C) groups is 1. The Labute approximate surface area is 272 Å². The van der Waals surface area contributed by atoms with Gasteiger partial charge in [0.25, 0.3) is 0 Å². The van der Waals surface area contributed by atoms with Crippen molar-refractivity contribution in [3.63, 3.8) is 0 Å². The molecule has 0 radical (unpaired) electrons. The second kappa shape index (κ2) is 17.8. The molecule has 3 aromatic rings. The number of guanidine groups is 1. The highest BCUT2D eigenvalue weighted by atomic mass is 16.4. The van der Waals surface area contributed by atoms with Gasteiger partial charge in [0, 0.05) is 25.8 Å². The Kier molecular flexibility index (Phi) is 13.5. The number of carbonyl (C=O) groups excluding carboxylic acids is 3. The molecule has 0 aliphatic carbocycles. The lowest BCUT2D eigenvalue weighted by Crippen LogP contribution is -2.58. The molecular weight excluding hydrogens is 606 g/mol. The molecule has 3 amide bonds. The molecule has 4 atom stereocenters. The zero-order valence-electron chi connectivity index (χ0n) is 25.7. The predicted octanol–water partition coefficient (Wildman–Crippen LogP) is 0.0456. The SMILES string of the molecule is NC(N)=NCCCC(N)C(=O)NC(Cc1ccc(O)cc1)C(=O)NC(Cc1ccc(O)cc1)C(=O)NC(Cc1ccccc1)C(=O)O. The lowest BCUT2D eigenvalue weighted by atomic mass is 10.0.